The molecule has 142 valence electrons. The summed E-state index contributed by atoms with van der Waals surface area (Å²) < 4.78 is 30.8. The number of carbonyl (C=O) groups is 1. The molecule has 9 heteroatoms. The summed E-state index contributed by atoms with van der Waals surface area (Å²) in [5.74, 6) is 0.565. The molecule has 0 fully saturated rings. The SMILES string of the molecule is CN(CCC(=O)Nc1cc(S(=O)(=O)N(C)C)ccc1Cl)Cc1ccco1. The van der Waals surface area contributed by atoms with Crippen LogP contribution in [0, 0.1) is 0 Å². The Labute approximate surface area is 158 Å². The van der Waals surface area contributed by atoms with Crippen molar-refractivity contribution < 1.29 is 17.6 Å². The minimum Gasteiger partial charge on any atom is -0.468 e. The molecule has 2 aromatic rings. The third kappa shape index (κ3) is 5.31. The first kappa shape index (κ1) is 20.4. The van der Waals surface area contributed by atoms with Crippen molar-refractivity contribution in [2.75, 3.05) is 33.0 Å². The number of halogens is 1. The number of hydrogen-bond acceptors (Lipinski definition) is 5. The molecule has 0 bridgehead atoms. The summed E-state index contributed by atoms with van der Waals surface area (Å²) in [5, 5.41) is 2.95. The summed E-state index contributed by atoms with van der Waals surface area (Å²) in [5.41, 5.74) is 0.272. The van der Waals surface area contributed by atoms with Gasteiger partial charge in [0.2, 0.25) is 15.9 Å². The van der Waals surface area contributed by atoms with E-state index >= 15 is 0 Å². The summed E-state index contributed by atoms with van der Waals surface area (Å²) in [7, 11) is 1.16. The Morgan fingerprint density at radius 3 is 2.58 bits per heavy atom. The fourth-order valence-corrected chi connectivity index (χ4v) is 3.32. The van der Waals surface area contributed by atoms with Gasteiger partial charge in [-0.2, -0.15) is 0 Å². The van der Waals surface area contributed by atoms with Gasteiger partial charge in [-0.1, -0.05) is 11.6 Å². The lowest BCUT2D eigenvalue weighted by Crippen LogP contribution is -2.24. The summed E-state index contributed by atoms with van der Waals surface area (Å²) in [6.07, 6.45) is 1.84. The van der Waals surface area contributed by atoms with Crippen LogP contribution in [-0.2, 0) is 21.4 Å². The van der Waals surface area contributed by atoms with E-state index in [0.29, 0.717) is 13.1 Å². The molecule has 2 rings (SSSR count). The molecule has 1 amide bonds. The summed E-state index contributed by atoms with van der Waals surface area (Å²) in [4.78, 5) is 14.2. The van der Waals surface area contributed by atoms with Crippen LogP contribution in [-0.4, -0.2) is 51.2 Å². The molecule has 0 saturated carbocycles. The second-order valence-corrected chi connectivity index (χ2v) is 8.60. The van der Waals surface area contributed by atoms with Crippen LogP contribution in [0.1, 0.15) is 12.2 Å². The molecule has 0 spiro atoms. The van der Waals surface area contributed by atoms with Crippen LogP contribution in [0.2, 0.25) is 5.02 Å². The van der Waals surface area contributed by atoms with Crippen molar-refractivity contribution >= 4 is 33.2 Å². The van der Waals surface area contributed by atoms with Crippen LogP contribution in [0.4, 0.5) is 5.69 Å². The number of rotatable bonds is 8. The molecular formula is C17H22ClN3O4S. The Morgan fingerprint density at radius 2 is 1.96 bits per heavy atom. The first-order valence-electron chi connectivity index (χ1n) is 7.93. The third-order valence-corrected chi connectivity index (χ3v) is 5.86. The quantitative estimate of drug-likeness (QED) is 0.737. The van der Waals surface area contributed by atoms with Crippen LogP contribution in [0.5, 0.6) is 0 Å². The summed E-state index contributed by atoms with van der Waals surface area (Å²) >= 11 is 6.08. The first-order valence-corrected chi connectivity index (χ1v) is 9.75. The Morgan fingerprint density at radius 1 is 1.23 bits per heavy atom. The van der Waals surface area contributed by atoms with Gasteiger partial charge in [-0.15, -0.1) is 0 Å². The van der Waals surface area contributed by atoms with Crippen molar-refractivity contribution in [3.63, 3.8) is 0 Å². The van der Waals surface area contributed by atoms with Crippen molar-refractivity contribution in [3.8, 4) is 0 Å². The number of hydrogen-bond donors (Lipinski definition) is 1. The maximum atomic E-state index is 12.2. The number of carbonyl (C=O) groups excluding carboxylic acids is 1. The van der Waals surface area contributed by atoms with Crippen LogP contribution in [0.3, 0.4) is 0 Å². The fraction of sp³-hybridized carbons (Fsp3) is 0.353. The lowest BCUT2D eigenvalue weighted by atomic mass is 10.3. The first-order chi connectivity index (χ1) is 12.2. The largest absolute Gasteiger partial charge is 0.468 e. The number of furan rings is 1. The van der Waals surface area contributed by atoms with E-state index in [-0.39, 0.29) is 27.9 Å². The Balaban J connectivity index is 1.98. The van der Waals surface area contributed by atoms with Gasteiger partial charge in [-0.3, -0.25) is 9.69 Å². The molecule has 0 aliphatic heterocycles. The lowest BCUT2D eigenvalue weighted by Gasteiger charge is -2.16. The predicted molar refractivity (Wildman–Crippen MR) is 101 cm³/mol. The van der Waals surface area contributed by atoms with Gasteiger partial charge in [0.25, 0.3) is 0 Å². The zero-order chi connectivity index (χ0) is 19.3. The van der Waals surface area contributed by atoms with E-state index in [1.165, 1.54) is 32.3 Å². The standard InChI is InChI=1S/C17H22ClN3O4S/c1-20(2)26(23,24)14-6-7-15(18)16(11-14)19-17(22)8-9-21(3)12-13-5-4-10-25-13/h4-7,10-11H,8-9,12H2,1-3H3,(H,19,22). The van der Waals surface area contributed by atoms with Crippen LogP contribution < -0.4 is 5.32 Å². The summed E-state index contributed by atoms with van der Waals surface area (Å²) in [6, 6.07) is 7.91. The Hall–Kier alpha value is -1.87. The molecule has 0 aliphatic rings. The van der Waals surface area contributed by atoms with Crippen molar-refractivity contribution in [2.24, 2.45) is 0 Å². The summed E-state index contributed by atoms with van der Waals surface area (Å²) in [6.45, 7) is 1.11. The topological polar surface area (TPSA) is 82.9 Å². The van der Waals surface area contributed by atoms with Crippen molar-refractivity contribution in [2.45, 2.75) is 17.9 Å². The molecule has 0 radical (unpaired) electrons. The van der Waals surface area contributed by atoms with Crippen molar-refractivity contribution in [1.82, 2.24) is 9.21 Å². The zero-order valence-corrected chi connectivity index (χ0v) is 16.5. The molecule has 0 atom stereocenters. The van der Waals surface area contributed by atoms with Gasteiger partial charge in [0, 0.05) is 27.1 Å². The molecule has 1 heterocycles. The molecule has 1 N–H and O–H groups in total. The number of sulfonamides is 1. The normalized spacial score (nSPS) is 11.9. The molecule has 26 heavy (non-hydrogen) atoms. The van der Waals surface area contributed by atoms with Crippen LogP contribution in [0.25, 0.3) is 0 Å². The average Bonchev–Trinajstić information content (AvgIpc) is 3.07. The molecule has 1 aromatic carbocycles. The Kier molecular flexibility index (Phi) is 6.82. The molecule has 0 saturated heterocycles. The van der Waals surface area contributed by atoms with Crippen LogP contribution in [0.15, 0.2) is 45.9 Å². The van der Waals surface area contributed by atoms with E-state index in [9.17, 15) is 13.2 Å². The number of nitrogens with one attached hydrogen (secondary N) is 1. The van der Waals surface area contributed by atoms with E-state index < -0.39 is 10.0 Å². The number of nitrogens with zero attached hydrogens (tertiary/aromatic N) is 2. The van der Waals surface area contributed by atoms with E-state index in [0.717, 1.165) is 10.1 Å². The maximum absolute atomic E-state index is 12.2. The molecule has 1 aromatic heterocycles. The van der Waals surface area contributed by atoms with E-state index in [2.05, 4.69) is 5.32 Å². The van der Waals surface area contributed by atoms with E-state index in [4.69, 9.17) is 16.0 Å². The van der Waals surface area contributed by atoms with Crippen molar-refractivity contribution in [1.29, 1.82) is 0 Å². The highest BCUT2D eigenvalue weighted by Crippen LogP contribution is 2.26. The fourth-order valence-electron chi connectivity index (χ4n) is 2.22. The minimum absolute atomic E-state index is 0.0668. The van der Waals surface area contributed by atoms with E-state index in [1.54, 1.807) is 6.26 Å². The third-order valence-electron chi connectivity index (χ3n) is 3.72. The van der Waals surface area contributed by atoms with Gasteiger partial charge in [0.05, 0.1) is 28.4 Å². The van der Waals surface area contributed by atoms with Crippen LogP contribution >= 0.6 is 11.6 Å². The van der Waals surface area contributed by atoms with Gasteiger partial charge >= 0.3 is 0 Å². The maximum Gasteiger partial charge on any atom is 0.242 e. The number of benzene rings is 1. The highest BCUT2D eigenvalue weighted by Gasteiger charge is 2.19. The zero-order valence-electron chi connectivity index (χ0n) is 14.9. The molecular weight excluding hydrogens is 378 g/mol. The van der Waals surface area contributed by atoms with Gasteiger partial charge < -0.3 is 9.73 Å². The van der Waals surface area contributed by atoms with Gasteiger partial charge in [-0.05, 0) is 37.4 Å². The minimum atomic E-state index is -3.60. The highest BCUT2D eigenvalue weighted by molar-refractivity contribution is 7.89. The monoisotopic (exact) mass is 399 g/mol. The second kappa shape index (κ2) is 8.68. The average molecular weight is 400 g/mol. The van der Waals surface area contributed by atoms with Gasteiger partial charge in [0.1, 0.15) is 5.76 Å². The molecule has 7 nitrogen and oxygen atoms in total. The number of anilines is 1. The molecule has 0 aliphatic carbocycles. The lowest BCUT2D eigenvalue weighted by molar-refractivity contribution is -0.116. The number of amides is 1. The molecule has 0 unspecified atom stereocenters. The smallest absolute Gasteiger partial charge is 0.242 e. The van der Waals surface area contributed by atoms with E-state index in [1.807, 2.05) is 24.1 Å². The highest BCUT2D eigenvalue weighted by atomic mass is 35.5. The van der Waals surface area contributed by atoms with Gasteiger partial charge in [-0.25, -0.2) is 12.7 Å². The second-order valence-electron chi connectivity index (χ2n) is 6.04. The van der Waals surface area contributed by atoms with Crippen molar-refractivity contribution in [3.05, 3.63) is 47.4 Å². The predicted octanol–water partition coefficient (Wildman–Crippen LogP) is 2.64. The van der Waals surface area contributed by atoms with Gasteiger partial charge in [0.15, 0.2) is 0 Å². The Bertz CT molecular complexity index is 851.